The molecule has 62 valence electrons. The molecule has 1 rings (SSSR count). The molecule has 0 saturated carbocycles. The average Bonchev–Trinajstić information content (AvgIpc) is 2.06. The molecule has 0 unspecified atom stereocenters. The third-order valence-corrected chi connectivity index (χ3v) is 1.28. The molecule has 12 heavy (non-hydrogen) atoms. The first-order valence-electron chi connectivity index (χ1n) is 3.32. The highest BCUT2D eigenvalue weighted by atomic mass is 19.2. The van der Waals surface area contributed by atoms with Gasteiger partial charge in [0.2, 0.25) is 5.83 Å². The average molecular weight is 168 g/mol. The molecule has 1 aromatic carbocycles. The zero-order valence-corrected chi connectivity index (χ0v) is 6.13. The number of carbonyl (C=O) groups is 1. The molecule has 0 heterocycles. The van der Waals surface area contributed by atoms with Crippen molar-refractivity contribution in [3.63, 3.8) is 0 Å². The van der Waals surface area contributed by atoms with Gasteiger partial charge in [0.1, 0.15) is 0 Å². The van der Waals surface area contributed by atoms with Gasteiger partial charge < -0.3 is 0 Å². The first-order valence-corrected chi connectivity index (χ1v) is 3.32. The van der Waals surface area contributed by atoms with Crippen molar-refractivity contribution in [2.75, 3.05) is 0 Å². The van der Waals surface area contributed by atoms with Crippen LogP contribution in [0.3, 0.4) is 0 Å². The van der Waals surface area contributed by atoms with Crippen LogP contribution in [0.1, 0.15) is 5.56 Å². The largest absolute Gasteiger partial charge is 0.360 e. The van der Waals surface area contributed by atoms with Crippen molar-refractivity contribution in [2.45, 2.75) is 0 Å². The minimum atomic E-state index is -2.04. The summed E-state index contributed by atoms with van der Waals surface area (Å²) in [7, 11) is 0. The Morgan fingerprint density at radius 1 is 1.17 bits per heavy atom. The normalized spacial score (nSPS) is 11.3. The van der Waals surface area contributed by atoms with E-state index >= 15 is 0 Å². The Kier molecular flexibility index (Phi) is 2.69. The van der Waals surface area contributed by atoms with Crippen LogP contribution in [-0.2, 0) is 4.79 Å². The monoisotopic (exact) mass is 168 g/mol. The van der Waals surface area contributed by atoms with Crippen LogP contribution in [0, 0.1) is 0 Å². The van der Waals surface area contributed by atoms with E-state index in [1.54, 1.807) is 30.3 Å². The number of carbonyl (C=O) groups excluding carboxylic acids is 1. The maximum Gasteiger partial charge on any atom is 0.360 e. The second-order valence-electron chi connectivity index (χ2n) is 2.18. The second-order valence-corrected chi connectivity index (χ2v) is 2.18. The smallest absolute Gasteiger partial charge is 0.253 e. The number of allylic oxidation sites excluding steroid dienone is 1. The number of benzene rings is 1. The maximum absolute atomic E-state index is 12.3. The van der Waals surface area contributed by atoms with Gasteiger partial charge >= 0.3 is 6.04 Å². The van der Waals surface area contributed by atoms with Gasteiger partial charge in [-0.2, -0.15) is 8.78 Å². The van der Waals surface area contributed by atoms with Gasteiger partial charge in [0.15, 0.2) is 0 Å². The molecule has 0 fully saturated rings. The molecule has 0 aliphatic heterocycles. The third kappa shape index (κ3) is 2.27. The van der Waals surface area contributed by atoms with Gasteiger partial charge in [-0.05, 0) is 11.6 Å². The summed E-state index contributed by atoms with van der Waals surface area (Å²) in [5, 5.41) is 0. The van der Waals surface area contributed by atoms with Crippen molar-refractivity contribution in [3.8, 4) is 0 Å². The zero-order chi connectivity index (χ0) is 8.97. The Morgan fingerprint density at radius 2 is 1.75 bits per heavy atom. The van der Waals surface area contributed by atoms with E-state index in [0.717, 1.165) is 6.08 Å². The van der Waals surface area contributed by atoms with Gasteiger partial charge in [-0.3, -0.25) is 4.79 Å². The van der Waals surface area contributed by atoms with E-state index < -0.39 is 11.9 Å². The molecule has 1 aromatic rings. The summed E-state index contributed by atoms with van der Waals surface area (Å²) in [6, 6.07) is 6.18. The molecule has 3 heteroatoms. The minimum Gasteiger partial charge on any atom is -0.253 e. The van der Waals surface area contributed by atoms with Crippen LogP contribution in [-0.4, -0.2) is 6.04 Å². The Balaban J connectivity index is 2.89. The van der Waals surface area contributed by atoms with Crippen molar-refractivity contribution in [3.05, 3.63) is 41.7 Å². The summed E-state index contributed by atoms with van der Waals surface area (Å²) in [5.41, 5.74) is 0.459. The van der Waals surface area contributed by atoms with Gasteiger partial charge in [-0.15, -0.1) is 0 Å². The highest BCUT2D eigenvalue weighted by Crippen LogP contribution is 2.08. The maximum atomic E-state index is 12.3. The van der Waals surface area contributed by atoms with E-state index in [2.05, 4.69) is 0 Å². The lowest BCUT2D eigenvalue weighted by molar-refractivity contribution is -0.126. The molecule has 0 saturated heterocycles. The third-order valence-electron chi connectivity index (χ3n) is 1.28. The standard InChI is InChI=1S/C9H6F2O/c10-8(9(11)12)6-7-4-2-1-3-5-7/h1-6H. The number of hydrogen-bond donors (Lipinski definition) is 0. The lowest BCUT2D eigenvalue weighted by Crippen LogP contribution is -1.86. The molecule has 0 radical (unpaired) electrons. The van der Waals surface area contributed by atoms with E-state index in [9.17, 15) is 13.6 Å². The molecule has 0 aliphatic rings. The fraction of sp³-hybridized carbons (Fsp3) is 0. The number of halogens is 2. The van der Waals surface area contributed by atoms with E-state index in [-0.39, 0.29) is 0 Å². The van der Waals surface area contributed by atoms with Crippen LogP contribution in [0.5, 0.6) is 0 Å². The van der Waals surface area contributed by atoms with Crippen molar-refractivity contribution < 1.29 is 13.6 Å². The molecule has 0 spiro atoms. The first kappa shape index (κ1) is 8.59. The van der Waals surface area contributed by atoms with Crippen LogP contribution in [0.25, 0.3) is 6.08 Å². The topological polar surface area (TPSA) is 17.1 Å². The van der Waals surface area contributed by atoms with Gasteiger partial charge in [0.25, 0.3) is 0 Å². The van der Waals surface area contributed by atoms with Gasteiger partial charge in [0.05, 0.1) is 0 Å². The zero-order valence-electron chi connectivity index (χ0n) is 6.13. The molecule has 0 aliphatic carbocycles. The molecular weight excluding hydrogens is 162 g/mol. The van der Waals surface area contributed by atoms with Crippen LogP contribution < -0.4 is 0 Å². The fourth-order valence-corrected chi connectivity index (χ4v) is 0.752. The van der Waals surface area contributed by atoms with Crippen LogP contribution >= 0.6 is 0 Å². The Morgan fingerprint density at radius 3 is 2.25 bits per heavy atom. The second kappa shape index (κ2) is 3.76. The van der Waals surface area contributed by atoms with Crippen molar-refractivity contribution >= 4 is 12.1 Å². The molecule has 0 atom stereocenters. The number of hydrogen-bond acceptors (Lipinski definition) is 1. The predicted octanol–water partition coefficient (Wildman–Crippen LogP) is 2.49. The fourth-order valence-electron chi connectivity index (χ4n) is 0.752. The molecule has 0 amide bonds. The quantitative estimate of drug-likeness (QED) is 0.489. The van der Waals surface area contributed by atoms with E-state index in [1.807, 2.05) is 0 Å². The molecular formula is C9H6F2O. The summed E-state index contributed by atoms with van der Waals surface area (Å²) in [6.07, 6.45) is 0.850. The lowest BCUT2D eigenvalue weighted by Gasteiger charge is -1.90. The summed E-state index contributed by atoms with van der Waals surface area (Å²) < 4.78 is 24.0. The minimum absolute atomic E-state index is 0.459. The van der Waals surface area contributed by atoms with E-state index in [1.165, 1.54) is 0 Å². The van der Waals surface area contributed by atoms with Crippen LogP contribution in [0.4, 0.5) is 8.78 Å². The Bertz CT molecular complexity index is 304. The molecule has 0 bridgehead atoms. The van der Waals surface area contributed by atoms with Crippen molar-refractivity contribution in [1.82, 2.24) is 0 Å². The highest BCUT2D eigenvalue weighted by molar-refractivity contribution is 5.90. The predicted molar refractivity (Wildman–Crippen MR) is 41.6 cm³/mol. The summed E-state index contributed by atoms with van der Waals surface area (Å²) in [5.74, 6) is -1.37. The SMILES string of the molecule is O=C(F)C(F)=Cc1ccccc1. The van der Waals surface area contributed by atoms with E-state index in [0.29, 0.717) is 5.56 Å². The Hall–Kier alpha value is -1.51. The summed E-state index contributed by atoms with van der Waals surface area (Å²) in [6.45, 7) is 0. The lowest BCUT2D eigenvalue weighted by atomic mass is 10.2. The molecule has 0 aromatic heterocycles. The van der Waals surface area contributed by atoms with E-state index in [4.69, 9.17) is 0 Å². The van der Waals surface area contributed by atoms with Crippen LogP contribution in [0.15, 0.2) is 36.2 Å². The van der Waals surface area contributed by atoms with Crippen LogP contribution in [0.2, 0.25) is 0 Å². The molecule has 1 nitrogen and oxygen atoms in total. The number of rotatable bonds is 2. The Labute approximate surface area is 68.3 Å². The van der Waals surface area contributed by atoms with Gasteiger partial charge in [-0.1, -0.05) is 30.3 Å². The summed E-state index contributed by atoms with van der Waals surface area (Å²) >= 11 is 0. The van der Waals surface area contributed by atoms with Gasteiger partial charge in [-0.25, -0.2) is 0 Å². The summed E-state index contributed by atoms with van der Waals surface area (Å²) in [4.78, 5) is 9.84. The van der Waals surface area contributed by atoms with Gasteiger partial charge in [0, 0.05) is 0 Å². The first-order chi connectivity index (χ1) is 5.70. The van der Waals surface area contributed by atoms with Crippen molar-refractivity contribution in [1.29, 1.82) is 0 Å². The molecule has 0 N–H and O–H groups in total. The van der Waals surface area contributed by atoms with Crippen molar-refractivity contribution in [2.24, 2.45) is 0 Å². The highest BCUT2D eigenvalue weighted by Gasteiger charge is 2.04.